The van der Waals surface area contributed by atoms with Crippen molar-refractivity contribution in [2.75, 3.05) is 16.8 Å². The van der Waals surface area contributed by atoms with Crippen LogP contribution in [0.15, 0.2) is 60.7 Å². The van der Waals surface area contributed by atoms with Crippen LogP contribution < -0.4 is 10.2 Å². The van der Waals surface area contributed by atoms with Gasteiger partial charge in [0.25, 0.3) is 5.91 Å². The maximum Gasteiger partial charge on any atom is 0.338 e. The molecule has 0 aromatic heterocycles. The van der Waals surface area contributed by atoms with Crippen molar-refractivity contribution in [3.8, 4) is 0 Å². The van der Waals surface area contributed by atoms with Crippen LogP contribution in [0.2, 0.25) is 0 Å². The fourth-order valence-corrected chi connectivity index (χ4v) is 6.19. The fraction of sp³-hybridized carbons (Fsp3) is 0.379. The number of imide groups is 1. The molecule has 0 unspecified atom stereocenters. The van der Waals surface area contributed by atoms with Crippen molar-refractivity contribution in [3.05, 3.63) is 71.8 Å². The van der Waals surface area contributed by atoms with Gasteiger partial charge in [0, 0.05) is 11.3 Å². The van der Waals surface area contributed by atoms with Crippen LogP contribution in [0.5, 0.6) is 0 Å². The lowest BCUT2D eigenvalue weighted by Gasteiger charge is -2.37. The van der Waals surface area contributed by atoms with Gasteiger partial charge in [0.15, 0.2) is 0 Å². The van der Waals surface area contributed by atoms with Crippen LogP contribution in [0, 0.1) is 41.4 Å². The summed E-state index contributed by atoms with van der Waals surface area (Å²) >= 11 is 0. The van der Waals surface area contributed by atoms with E-state index in [1.807, 2.05) is 13.8 Å². The quantitative estimate of drug-likeness (QED) is 0.375. The Labute approximate surface area is 209 Å². The van der Waals surface area contributed by atoms with E-state index in [4.69, 9.17) is 4.74 Å². The number of carbonyl (C=O) groups is 4. The van der Waals surface area contributed by atoms with Gasteiger partial charge in [-0.3, -0.25) is 19.3 Å². The average Bonchev–Trinajstić information content (AvgIpc) is 3.66. The van der Waals surface area contributed by atoms with E-state index in [1.54, 1.807) is 48.5 Å². The largest absolute Gasteiger partial charge is 0.462 e. The van der Waals surface area contributed by atoms with E-state index in [1.165, 1.54) is 4.90 Å². The second kappa shape index (κ2) is 8.43. The lowest BCUT2D eigenvalue weighted by Crippen LogP contribution is -2.40. The SMILES string of the molecule is CC(C)COC(=O)c1ccc(NC(=O)c2ccc(N3C(=O)[C@@H]4[C@H]5C=C[C@@H]([C@@H]6C[C@@H]56)[C@H]4C3=O)cc2)cc1. The highest BCUT2D eigenvalue weighted by atomic mass is 16.5. The molecule has 7 nitrogen and oxygen atoms in total. The van der Waals surface area contributed by atoms with Crippen LogP contribution in [-0.2, 0) is 14.3 Å². The molecule has 184 valence electrons. The highest BCUT2D eigenvalue weighted by molar-refractivity contribution is 6.22. The van der Waals surface area contributed by atoms with Crippen LogP contribution in [-0.4, -0.2) is 30.3 Å². The highest BCUT2D eigenvalue weighted by Crippen LogP contribution is 2.65. The first-order chi connectivity index (χ1) is 17.3. The van der Waals surface area contributed by atoms with Crippen molar-refractivity contribution in [1.29, 1.82) is 0 Å². The van der Waals surface area contributed by atoms with E-state index >= 15 is 0 Å². The van der Waals surface area contributed by atoms with Crippen LogP contribution in [0.1, 0.15) is 41.0 Å². The van der Waals surface area contributed by atoms with Crippen molar-refractivity contribution in [2.24, 2.45) is 41.4 Å². The topological polar surface area (TPSA) is 92.8 Å². The summed E-state index contributed by atoms with van der Waals surface area (Å²) in [5, 5.41) is 2.80. The second-order valence-corrected chi connectivity index (χ2v) is 10.7. The number of anilines is 2. The van der Waals surface area contributed by atoms with Crippen molar-refractivity contribution in [1.82, 2.24) is 0 Å². The Hall–Kier alpha value is -3.74. The smallest absolute Gasteiger partial charge is 0.338 e. The lowest BCUT2D eigenvalue weighted by atomic mass is 9.63. The number of carbonyl (C=O) groups excluding carboxylic acids is 4. The molecule has 1 N–H and O–H groups in total. The van der Waals surface area contributed by atoms with Gasteiger partial charge in [-0.15, -0.1) is 0 Å². The van der Waals surface area contributed by atoms with E-state index in [0.29, 0.717) is 40.9 Å². The van der Waals surface area contributed by atoms with E-state index in [2.05, 4.69) is 17.5 Å². The standard InChI is InChI=1S/C29H28N2O5/c1-15(2)14-36-29(35)17-3-7-18(8-4-17)30-26(32)16-5-9-19(10-6-16)31-27(33)24-20-11-12-21(23-13-22(20)23)25(24)28(31)34/h3-12,15,20-25H,13-14H2,1-2H3,(H,30,32)/t20-,21-,22-,23-,24+,25+/m0/s1. The zero-order valence-corrected chi connectivity index (χ0v) is 20.2. The molecule has 1 saturated heterocycles. The number of allylic oxidation sites excluding steroid dienone is 2. The molecular formula is C29H28N2O5. The zero-order chi connectivity index (χ0) is 25.1. The van der Waals surface area contributed by atoms with Crippen molar-refractivity contribution in [2.45, 2.75) is 20.3 Å². The third kappa shape index (κ3) is 3.65. The van der Waals surface area contributed by atoms with Crippen LogP contribution >= 0.6 is 0 Å². The maximum atomic E-state index is 13.3. The molecule has 6 atom stereocenters. The molecule has 1 aliphatic heterocycles. The number of rotatable bonds is 6. The van der Waals surface area contributed by atoms with Gasteiger partial charge in [-0.25, -0.2) is 4.79 Å². The molecule has 7 heteroatoms. The molecule has 2 saturated carbocycles. The van der Waals surface area contributed by atoms with Crippen LogP contribution in [0.3, 0.4) is 0 Å². The second-order valence-electron chi connectivity index (χ2n) is 10.7. The summed E-state index contributed by atoms with van der Waals surface area (Å²) < 4.78 is 5.22. The molecule has 5 aliphatic rings. The molecule has 1 heterocycles. The maximum absolute atomic E-state index is 13.3. The third-order valence-corrected chi connectivity index (χ3v) is 7.98. The predicted molar refractivity (Wildman–Crippen MR) is 133 cm³/mol. The van der Waals surface area contributed by atoms with Crippen molar-refractivity contribution < 1.29 is 23.9 Å². The first-order valence-corrected chi connectivity index (χ1v) is 12.6. The van der Waals surface area contributed by atoms with Gasteiger partial charge in [-0.1, -0.05) is 26.0 Å². The summed E-state index contributed by atoms with van der Waals surface area (Å²) in [5.41, 5.74) is 1.87. The minimum Gasteiger partial charge on any atom is -0.462 e. The molecule has 3 amide bonds. The molecule has 36 heavy (non-hydrogen) atoms. The van der Waals surface area contributed by atoms with Gasteiger partial charge in [0.1, 0.15) is 0 Å². The van der Waals surface area contributed by atoms with Gasteiger partial charge in [0.2, 0.25) is 11.8 Å². The summed E-state index contributed by atoms with van der Waals surface area (Å²) in [5.74, 6) is 0.290. The summed E-state index contributed by atoms with van der Waals surface area (Å²) in [6.45, 7) is 4.28. The number of hydrogen-bond donors (Lipinski definition) is 1. The first kappa shape index (κ1) is 22.7. The Morgan fingerprint density at radius 3 is 2.00 bits per heavy atom. The number of hydrogen-bond acceptors (Lipinski definition) is 5. The Morgan fingerprint density at radius 2 is 1.44 bits per heavy atom. The third-order valence-electron chi connectivity index (χ3n) is 7.98. The normalized spacial score (nSPS) is 29.2. The number of benzene rings is 2. The number of esters is 1. The minimum atomic E-state index is -0.399. The molecule has 3 fully saturated rings. The molecule has 7 rings (SSSR count). The minimum absolute atomic E-state index is 0.112. The van der Waals surface area contributed by atoms with Gasteiger partial charge in [0.05, 0.1) is 29.7 Å². The summed E-state index contributed by atoms with van der Waals surface area (Å²) in [6, 6.07) is 13.1. The highest BCUT2D eigenvalue weighted by Gasteiger charge is 2.67. The molecule has 2 bridgehead atoms. The number of nitrogens with one attached hydrogen (secondary N) is 1. The van der Waals surface area contributed by atoms with Crippen LogP contribution in [0.4, 0.5) is 11.4 Å². The van der Waals surface area contributed by atoms with E-state index in [9.17, 15) is 19.2 Å². The molecule has 4 aliphatic carbocycles. The molecule has 2 aromatic rings. The summed E-state index contributed by atoms with van der Waals surface area (Å²) in [4.78, 5) is 52.7. The average molecular weight is 485 g/mol. The molecule has 0 radical (unpaired) electrons. The van der Waals surface area contributed by atoms with Gasteiger partial charge in [-0.2, -0.15) is 0 Å². The molecule has 0 spiro atoms. The number of ether oxygens (including phenoxy) is 1. The van der Waals surface area contributed by atoms with E-state index in [-0.39, 0.29) is 47.3 Å². The molecule has 2 aromatic carbocycles. The molecular weight excluding hydrogens is 456 g/mol. The lowest BCUT2D eigenvalue weighted by molar-refractivity contribution is -0.124. The first-order valence-electron chi connectivity index (χ1n) is 12.6. The zero-order valence-electron chi connectivity index (χ0n) is 20.2. The number of nitrogens with zero attached hydrogens (tertiary/aromatic N) is 1. The van der Waals surface area contributed by atoms with Crippen molar-refractivity contribution >= 4 is 35.1 Å². The van der Waals surface area contributed by atoms with Gasteiger partial charge in [-0.05, 0) is 84.5 Å². The van der Waals surface area contributed by atoms with Crippen LogP contribution in [0.25, 0.3) is 0 Å². The predicted octanol–water partition coefficient (Wildman–Crippen LogP) is 4.31. The Morgan fingerprint density at radius 1 is 0.889 bits per heavy atom. The number of amides is 3. The van der Waals surface area contributed by atoms with Gasteiger partial charge >= 0.3 is 5.97 Å². The Bertz CT molecular complexity index is 1240. The van der Waals surface area contributed by atoms with E-state index < -0.39 is 5.97 Å². The summed E-state index contributed by atoms with van der Waals surface area (Å²) in [7, 11) is 0. The Balaban J connectivity index is 1.12. The van der Waals surface area contributed by atoms with Gasteiger partial charge < -0.3 is 10.1 Å². The fourth-order valence-electron chi connectivity index (χ4n) is 6.19. The monoisotopic (exact) mass is 484 g/mol. The van der Waals surface area contributed by atoms with E-state index in [0.717, 1.165) is 6.42 Å². The Kier molecular flexibility index (Phi) is 5.32. The summed E-state index contributed by atoms with van der Waals surface area (Å²) in [6.07, 6.45) is 5.44. The van der Waals surface area contributed by atoms with Crippen molar-refractivity contribution in [3.63, 3.8) is 0 Å².